The first-order valence-corrected chi connectivity index (χ1v) is 6.09. The van der Waals surface area contributed by atoms with E-state index in [2.05, 4.69) is 20.9 Å². The topological polar surface area (TPSA) is 72.0 Å². The van der Waals surface area contributed by atoms with E-state index in [1.807, 2.05) is 25.1 Å². The van der Waals surface area contributed by atoms with Gasteiger partial charge in [0.25, 0.3) is 0 Å². The maximum absolute atomic E-state index is 7.49. The molecule has 92 valence electrons. The SMILES string of the molecule is Cc1cc(Br)ccc1Oc1cnccc1C(=N)N. The van der Waals surface area contributed by atoms with Gasteiger partial charge in [0.05, 0.1) is 11.8 Å². The van der Waals surface area contributed by atoms with E-state index in [0.717, 1.165) is 10.0 Å². The van der Waals surface area contributed by atoms with Crippen molar-refractivity contribution < 1.29 is 4.74 Å². The molecular weight excluding hydrogens is 294 g/mol. The number of pyridine rings is 1. The summed E-state index contributed by atoms with van der Waals surface area (Å²) in [7, 11) is 0. The molecule has 3 N–H and O–H groups in total. The molecule has 0 saturated heterocycles. The number of halogens is 1. The van der Waals surface area contributed by atoms with Crippen LogP contribution in [0.3, 0.4) is 0 Å². The molecule has 0 aliphatic carbocycles. The predicted molar refractivity (Wildman–Crippen MR) is 74.2 cm³/mol. The zero-order chi connectivity index (χ0) is 13.1. The Morgan fingerprint density at radius 3 is 2.78 bits per heavy atom. The summed E-state index contributed by atoms with van der Waals surface area (Å²) >= 11 is 3.40. The molecule has 4 nitrogen and oxygen atoms in total. The molecule has 0 aliphatic rings. The lowest BCUT2D eigenvalue weighted by atomic mass is 10.2. The molecule has 0 aliphatic heterocycles. The normalized spacial score (nSPS) is 10.1. The highest BCUT2D eigenvalue weighted by atomic mass is 79.9. The number of amidine groups is 1. The van der Waals surface area contributed by atoms with Crippen molar-refractivity contribution in [3.05, 3.63) is 52.3 Å². The molecule has 0 amide bonds. The second-order valence-corrected chi connectivity index (χ2v) is 4.71. The summed E-state index contributed by atoms with van der Waals surface area (Å²) in [4.78, 5) is 3.98. The quantitative estimate of drug-likeness (QED) is 0.675. The Kier molecular flexibility index (Phi) is 3.62. The number of nitrogens with two attached hydrogens (primary N) is 1. The van der Waals surface area contributed by atoms with E-state index >= 15 is 0 Å². The van der Waals surface area contributed by atoms with Crippen molar-refractivity contribution in [3.63, 3.8) is 0 Å². The summed E-state index contributed by atoms with van der Waals surface area (Å²) in [6, 6.07) is 7.37. The summed E-state index contributed by atoms with van der Waals surface area (Å²) in [6.07, 6.45) is 3.14. The molecular formula is C13H12BrN3O. The van der Waals surface area contributed by atoms with Crippen molar-refractivity contribution in [2.24, 2.45) is 5.73 Å². The second kappa shape index (κ2) is 5.18. The summed E-state index contributed by atoms with van der Waals surface area (Å²) in [5, 5.41) is 7.49. The van der Waals surface area contributed by atoms with E-state index in [1.165, 1.54) is 0 Å². The first-order chi connectivity index (χ1) is 8.58. The van der Waals surface area contributed by atoms with E-state index in [9.17, 15) is 0 Å². The van der Waals surface area contributed by atoms with Crippen molar-refractivity contribution in [2.45, 2.75) is 6.92 Å². The predicted octanol–water partition coefficient (Wildman–Crippen LogP) is 3.23. The Balaban J connectivity index is 2.37. The third kappa shape index (κ3) is 2.68. The third-order valence-corrected chi connectivity index (χ3v) is 2.92. The lowest BCUT2D eigenvalue weighted by Crippen LogP contribution is -2.12. The highest BCUT2D eigenvalue weighted by Gasteiger charge is 2.09. The fourth-order valence-corrected chi connectivity index (χ4v) is 2.01. The summed E-state index contributed by atoms with van der Waals surface area (Å²) in [5.74, 6) is 1.16. The van der Waals surface area contributed by atoms with E-state index in [-0.39, 0.29) is 5.84 Å². The number of aryl methyl sites for hydroxylation is 1. The molecule has 0 radical (unpaired) electrons. The van der Waals surface area contributed by atoms with Gasteiger partial charge in [-0.2, -0.15) is 0 Å². The molecule has 1 aromatic heterocycles. The van der Waals surface area contributed by atoms with Gasteiger partial charge in [0.15, 0.2) is 5.75 Å². The lowest BCUT2D eigenvalue weighted by molar-refractivity contribution is 0.475. The van der Waals surface area contributed by atoms with Crippen molar-refractivity contribution in [3.8, 4) is 11.5 Å². The summed E-state index contributed by atoms with van der Waals surface area (Å²) in [5.41, 5.74) is 7.02. The van der Waals surface area contributed by atoms with Gasteiger partial charge in [0.1, 0.15) is 11.6 Å². The number of ether oxygens (including phenoxy) is 1. The van der Waals surface area contributed by atoms with Gasteiger partial charge in [-0.3, -0.25) is 10.4 Å². The van der Waals surface area contributed by atoms with Crippen LogP contribution in [0, 0.1) is 12.3 Å². The van der Waals surface area contributed by atoms with Crippen LogP contribution in [0.25, 0.3) is 0 Å². The van der Waals surface area contributed by atoms with Gasteiger partial charge in [-0.1, -0.05) is 15.9 Å². The van der Waals surface area contributed by atoms with E-state index < -0.39 is 0 Å². The number of rotatable bonds is 3. The number of aromatic nitrogens is 1. The zero-order valence-corrected chi connectivity index (χ0v) is 11.4. The number of hydrogen-bond donors (Lipinski definition) is 2. The van der Waals surface area contributed by atoms with Crippen LogP contribution in [0.4, 0.5) is 0 Å². The molecule has 0 atom stereocenters. The minimum Gasteiger partial charge on any atom is -0.455 e. The van der Waals surface area contributed by atoms with Crippen molar-refractivity contribution >= 4 is 21.8 Å². The average Bonchev–Trinajstić information content (AvgIpc) is 2.33. The minimum absolute atomic E-state index is 0.0397. The van der Waals surface area contributed by atoms with Gasteiger partial charge in [-0.15, -0.1) is 0 Å². The number of nitrogens with zero attached hydrogens (tertiary/aromatic N) is 1. The second-order valence-electron chi connectivity index (χ2n) is 3.80. The Morgan fingerprint density at radius 2 is 2.11 bits per heavy atom. The molecule has 2 rings (SSSR count). The largest absolute Gasteiger partial charge is 0.455 e. The monoisotopic (exact) mass is 305 g/mol. The van der Waals surface area contributed by atoms with Crippen LogP contribution in [-0.2, 0) is 0 Å². The zero-order valence-electron chi connectivity index (χ0n) is 9.77. The van der Waals surface area contributed by atoms with Gasteiger partial charge in [-0.05, 0) is 36.8 Å². The molecule has 0 bridgehead atoms. The van der Waals surface area contributed by atoms with Gasteiger partial charge in [0, 0.05) is 10.7 Å². The van der Waals surface area contributed by atoms with Crippen LogP contribution in [-0.4, -0.2) is 10.8 Å². The highest BCUT2D eigenvalue weighted by Crippen LogP contribution is 2.28. The number of nitrogens with one attached hydrogen (secondary N) is 1. The van der Waals surface area contributed by atoms with Crippen LogP contribution >= 0.6 is 15.9 Å². The maximum Gasteiger partial charge on any atom is 0.156 e. The van der Waals surface area contributed by atoms with Crippen LogP contribution in [0.1, 0.15) is 11.1 Å². The summed E-state index contributed by atoms with van der Waals surface area (Å²) in [6.45, 7) is 1.95. The Hall–Kier alpha value is -1.88. The fourth-order valence-electron chi connectivity index (χ4n) is 1.53. The van der Waals surface area contributed by atoms with Gasteiger partial charge >= 0.3 is 0 Å². The van der Waals surface area contributed by atoms with E-state index in [4.69, 9.17) is 15.9 Å². The maximum atomic E-state index is 7.49. The van der Waals surface area contributed by atoms with Crippen LogP contribution in [0.2, 0.25) is 0 Å². The fraction of sp³-hybridized carbons (Fsp3) is 0.0769. The molecule has 0 fully saturated rings. The van der Waals surface area contributed by atoms with E-state index in [1.54, 1.807) is 18.5 Å². The van der Waals surface area contributed by atoms with Gasteiger partial charge in [-0.25, -0.2) is 0 Å². The number of hydrogen-bond acceptors (Lipinski definition) is 3. The Labute approximate surface area is 113 Å². The molecule has 2 aromatic rings. The van der Waals surface area contributed by atoms with E-state index in [0.29, 0.717) is 17.1 Å². The Bertz CT molecular complexity index is 599. The van der Waals surface area contributed by atoms with Crippen LogP contribution in [0.15, 0.2) is 41.1 Å². The third-order valence-electron chi connectivity index (χ3n) is 2.43. The Morgan fingerprint density at radius 1 is 1.33 bits per heavy atom. The standard InChI is InChI=1S/C13H12BrN3O/c1-8-6-9(14)2-3-11(8)18-12-7-17-5-4-10(12)13(15)16/h2-7H,1H3,(H3,15,16). The molecule has 1 heterocycles. The van der Waals surface area contributed by atoms with Crippen LogP contribution < -0.4 is 10.5 Å². The van der Waals surface area contributed by atoms with Crippen molar-refractivity contribution in [1.82, 2.24) is 4.98 Å². The van der Waals surface area contributed by atoms with Crippen molar-refractivity contribution in [2.75, 3.05) is 0 Å². The summed E-state index contributed by atoms with van der Waals surface area (Å²) < 4.78 is 6.74. The molecule has 0 spiro atoms. The minimum atomic E-state index is -0.0397. The molecule has 0 unspecified atom stereocenters. The number of benzene rings is 1. The van der Waals surface area contributed by atoms with Gasteiger partial charge < -0.3 is 10.5 Å². The van der Waals surface area contributed by atoms with Crippen LogP contribution in [0.5, 0.6) is 11.5 Å². The average molecular weight is 306 g/mol. The smallest absolute Gasteiger partial charge is 0.156 e. The lowest BCUT2D eigenvalue weighted by Gasteiger charge is -2.11. The first-order valence-electron chi connectivity index (χ1n) is 5.30. The van der Waals surface area contributed by atoms with Gasteiger partial charge in [0.2, 0.25) is 0 Å². The molecule has 1 aromatic carbocycles. The molecule has 18 heavy (non-hydrogen) atoms. The molecule has 5 heteroatoms. The van der Waals surface area contributed by atoms with Crippen molar-refractivity contribution in [1.29, 1.82) is 5.41 Å². The number of nitrogen functional groups attached to an aromatic ring is 1. The first kappa shape index (κ1) is 12.6. The highest BCUT2D eigenvalue weighted by molar-refractivity contribution is 9.10. The molecule has 0 saturated carbocycles.